The Kier molecular flexibility index (Phi) is 5.35. The number of anilines is 1. The van der Waals surface area contributed by atoms with Crippen LogP contribution in [0.3, 0.4) is 0 Å². The molecule has 7 nitrogen and oxygen atoms in total. The van der Waals surface area contributed by atoms with Gasteiger partial charge in [0.25, 0.3) is 10.0 Å². The van der Waals surface area contributed by atoms with Crippen molar-refractivity contribution in [1.29, 1.82) is 0 Å². The Balaban J connectivity index is 1.78. The lowest BCUT2D eigenvalue weighted by Crippen LogP contribution is -2.37. The van der Waals surface area contributed by atoms with E-state index in [1.807, 2.05) is 11.0 Å². The molecular weight excluding hydrogens is 458 g/mol. The van der Waals surface area contributed by atoms with Gasteiger partial charge in [0.05, 0.1) is 28.8 Å². The third kappa shape index (κ3) is 3.53. The summed E-state index contributed by atoms with van der Waals surface area (Å²) in [4.78, 5) is 14.0. The molecule has 1 aliphatic rings. The summed E-state index contributed by atoms with van der Waals surface area (Å²) in [5.74, 6) is 0.254. The number of aromatic nitrogens is 2. The predicted molar refractivity (Wildman–Crippen MR) is 113 cm³/mol. The van der Waals surface area contributed by atoms with Crippen LogP contribution in [-0.2, 0) is 19.6 Å². The van der Waals surface area contributed by atoms with E-state index in [0.29, 0.717) is 37.3 Å². The lowest BCUT2D eigenvalue weighted by Gasteiger charge is -2.31. The minimum Gasteiger partial charge on any atom is -0.469 e. The lowest BCUT2D eigenvalue weighted by atomic mass is 9.97. The Morgan fingerprint density at radius 2 is 1.79 bits per heavy atom. The minimum atomic E-state index is -3.84. The maximum atomic E-state index is 13.2. The maximum absolute atomic E-state index is 13.2. The number of esters is 1. The van der Waals surface area contributed by atoms with Crippen molar-refractivity contribution in [3.05, 3.63) is 53.0 Å². The monoisotopic (exact) mass is 477 g/mol. The van der Waals surface area contributed by atoms with Crippen LogP contribution in [0, 0.1) is 5.92 Å². The van der Waals surface area contributed by atoms with Crippen molar-refractivity contribution in [3.8, 4) is 0 Å². The molecule has 9 heteroatoms. The summed E-state index contributed by atoms with van der Waals surface area (Å²) in [5.41, 5.74) is 0.508. The number of carbonyl (C=O) groups is 1. The number of carbonyl (C=O) groups excluding carboxylic acids is 1. The number of rotatable bonds is 4. The molecule has 1 aliphatic heterocycles. The molecule has 0 bridgehead atoms. The van der Waals surface area contributed by atoms with Crippen molar-refractivity contribution < 1.29 is 17.9 Å². The molecular formula is C20H20BrN3O4S. The summed E-state index contributed by atoms with van der Waals surface area (Å²) in [6.07, 6.45) is 1.27. The third-order valence-electron chi connectivity index (χ3n) is 5.20. The Hall–Kier alpha value is -2.39. The quantitative estimate of drug-likeness (QED) is 0.535. The van der Waals surface area contributed by atoms with Crippen LogP contribution in [0.4, 0.5) is 5.82 Å². The van der Waals surface area contributed by atoms with Gasteiger partial charge in [-0.3, -0.25) is 4.79 Å². The Labute approximate surface area is 177 Å². The number of nitrogens with zero attached hydrogens (tertiary/aromatic N) is 3. The predicted octanol–water partition coefficient (Wildman–Crippen LogP) is 3.43. The van der Waals surface area contributed by atoms with Gasteiger partial charge in [-0.15, -0.1) is 5.10 Å². The number of halogens is 1. The second-order valence-corrected chi connectivity index (χ2v) is 9.52. The Bertz CT molecular complexity index is 1150. The fraction of sp³-hybridized carbons (Fsp3) is 0.300. The van der Waals surface area contributed by atoms with Crippen LogP contribution in [0.25, 0.3) is 10.9 Å². The van der Waals surface area contributed by atoms with Gasteiger partial charge in [-0.1, -0.05) is 24.3 Å². The van der Waals surface area contributed by atoms with Gasteiger partial charge in [0.15, 0.2) is 5.82 Å². The summed E-state index contributed by atoms with van der Waals surface area (Å²) in [6, 6.07) is 13.7. The van der Waals surface area contributed by atoms with Crippen LogP contribution in [0.2, 0.25) is 0 Å². The largest absolute Gasteiger partial charge is 0.469 e. The van der Waals surface area contributed by atoms with Crippen LogP contribution in [0.1, 0.15) is 12.8 Å². The Morgan fingerprint density at radius 1 is 1.10 bits per heavy atom. The molecule has 1 saturated heterocycles. The molecule has 0 amide bonds. The number of piperidine rings is 1. The van der Waals surface area contributed by atoms with Crippen molar-refractivity contribution in [3.63, 3.8) is 0 Å². The molecule has 2 aromatic carbocycles. The third-order valence-corrected chi connectivity index (χ3v) is 7.47. The van der Waals surface area contributed by atoms with Gasteiger partial charge >= 0.3 is 5.97 Å². The lowest BCUT2D eigenvalue weighted by molar-refractivity contribution is -0.146. The molecule has 1 fully saturated rings. The van der Waals surface area contributed by atoms with Crippen LogP contribution in [-0.4, -0.2) is 43.8 Å². The zero-order valence-corrected chi connectivity index (χ0v) is 18.2. The van der Waals surface area contributed by atoms with Crippen LogP contribution in [0.5, 0.6) is 0 Å². The van der Waals surface area contributed by atoms with Crippen LogP contribution >= 0.6 is 15.9 Å². The molecule has 152 valence electrons. The summed E-state index contributed by atoms with van der Waals surface area (Å²) in [5, 5.41) is 5.26. The molecule has 1 aromatic heterocycles. The first-order valence-electron chi connectivity index (χ1n) is 9.24. The van der Waals surface area contributed by atoms with E-state index in [1.165, 1.54) is 7.11 Å². The highest BCUT2D eigenvalue weighted by Crippen LogP contribution is 2.36. The fourth-order valence-corrected chi connectivity index (χ4v) is 5.50. The van der Waals surface area contributed by atoms with Gasteiger partial charge < -0.3 is 9.64 Å². The topological polar surface area (TPSA) is 81.5 Å². The summed E-state index contributed by atoms with van der Waals surface area (Å²) >= 11 is 3.55. The van der Waals surface area contributed by atoms with E-state index >= 15 is 0 Å². The van der Waals surface area contributed by atoms with E-state index in [9.17, 15) is 13.2 Å². The average Bonchev–Trinajstić information content (AvgIpc) is 3.16. The number of ether oxygens (including phenoxy) is 1. The molecule has 3 aromatic rings. The van der Waals surface area contributed by atoms with E-state index < -0.39 is 10.0 Å². The number of hydrogen-bond acceptors (Lipinski definition) is 6. The zero-order valence-electron chi connectivity index (χ0n) is 15.8. The minimum absolute atomic E-state index is 0.138. The fourth-order valence-electron chi connectivity index (χ4n) is 3.67. The van der Waals surface area contributed by atoms with Gasteiger partial charge in [0, 0.05) is 17.6 Å². The van der Waals surface area contributed by atoms with Gasteiger partial charge in [-0.2, -0.15) is 12.5 Å². The normalized spacial score (nSPS) is 15.6. The number of hydrogen-bond donors (Lipinski definition) is 0. The summed E-state index contributed by atoms with van der Waals surface area (Å²) in [7, 11) is -2.45. The second kappa shape index (κ2) is 7.79. The SMILES string of the molecule is COC(=O)C1CCN(c2nn(S(=O)(=O)c3ccccc3)c3cccc(Br)c23)CC1. The first-order valence-corrected chi connectivity index (χ1v) is 11.5. The van der Waals surface area contributed by atoms with E-state index in [2.05, 4.69) is 21.0 Å². The molecule has 0 N–H and O–H groups in total. The Morgan fingerprint density at radius 3 is 2.45 bits per heavy atom. The van der Waals surface area contributed by atoms with E-state index in [0.717, 1.165) is 13.9 Å². The van der Waals surface area contributed by atoms with Crippen molar-refractivity contribution in [2.24, 2.45) is 5.92 Å². The van der Waals surface area contributed by atoms with Gasteiger partial charge in [-0.25, -0.2) is 0 Å². The van der Waals surface area contributed by atoms with E-state index in [1.54, 1.807) is 42.5 Å². The molecule has 0 saturated carbocycles. The van der Waals surface area contributed by atoms with Gasteiger partial charge in [0.2, 0.25) is 0 Å². The molecule has 0 atom stereocenters. The van der Waals surface area contributed by atoms with Crippen molar-refractivity contribution >= 4 is 48.6 Å². The molecule has 0 spiro atoms. The van der Waals surface area contributed by atoms with Gasteiger partial charge in [-0.05, 0) is 53.0 Å². The molecule has 2 heterocycles. The highest BCUT2D eigenvalue weighted by Gasteiger charge is 2.30. The molecule has 0 radical (unpaired) electrons. The number of fused-ring (bicyclic) bond motifs is 1. The van der Waals surface area contributed by atoms with Crippen LogP contribution in [0.15, 0.2) is 57.9 Å². The van der Waals surface area contributed by atoms with E-state index in [-0.39, 0.29) is 16.8 Å². The average molecular weight is 478 g/mol. The first-order chi connectivity index (χ1) is 13.9. The van der Waals surface area contributed by atoms with E-state index in [4.69, 9.17) is 4.74 Å². The highest BCUT2D eigenvalue weighted by molar-refractivity contribution is 9.10. The molecule has 0 aliphatic carbocycles. The highest BCUT2D eigenvalue weighted by atomic mass is 79.9. The van der Waals surface area contributed by atoms with Crippen molar-refractivity contribution in [2.75, 3.05) is 25.1 Å². The maximum Gasteiger partial charge on any atom is 0.308 e. The first kappa shape index (κ1) is 19.9. The summed E-state index contributed by atoms with van der Waals surface area (Å²) in [6.45, 7) is 1.19. The second-order valence-electron chi connectivity index (χ2n) is 6.90. The van der Waals surface area contributed by atoms with Crippen molar-refractivity contribution in [2.45, 2.75) is 17.7 Å². The number of methoxy groups -OCH3 is 1. The van der Waals surface area contributed by atoms with Crippen LogP contribution < -0.4 is 4.90 Å². The molecule has 0 unspecified atom stereocenters. The van der Waals surface area contributed by atoms with Crippen molar-refractivity contribution in [1.82, 2.24) is 9.19 Å². The smallest absolute Gasteiger partial charge is 0.308 e. The molecule has 29 heavy (non-hydrogen) atoms. The zero-order chi connectivity index (χ0) is 20.6. The number of benzene rings is 2. The summed E-state index contributed by atoms with van der Waals surface area (Å²) < 4.78 is 33.2. The standard InChI is InChI=1S/C20H20BrN3O4S/c1-28-20(25)14-10-12-23(13-11-14)19-18-16(21)8-5-9-17(18)24(22-19)29(26,27)15-6-3-2-4-7-15/h2-9,14H,10-13H2,1H3. The van der Waals surface area contributed by atoms with Gasteiger partial charge in [0.1, 0.15) is 0 Å². The molecule has 4 rings (SSSR count).